The highest BCUT2D eigenvalue weighted by Gasteiger charge is 2.32. The van der Waals surface area contributed by atoms with E-state index >= 15 is 0 Å². The van der Waals surface area contributed by atoms with Crippen LogP contribution in [0.4, 0.5) is 0 Å². The molecular formula is C4H7NO2. The van der Waals surface area contributed by atoms with E-state index in [1.54, 1.807) is 0 Å². The van der Waals surface area contributed by atoms with Gasteiger partial charge < -0.3 is 4.74 Å². The second kappa shape index (κ2) is 1.18. The van der Waals surface area contributed by atoms with Crippen molar-refractivity contribution in [3.63, 3.8) is 0 Å². The van der Waals surface area contributed by atoms with Crippen LogP contribution in [0.3, 0.4) is 0 Å². The third-order valence-electron chi connectivity index (χ3n) is 1.26. The van der Waals surface area contributed by atoms with Gasteiger partial charge in [0.2, 0.25) is 0 Å². The quantitative estimate of drug-likeness (QED) is 0.414. The molecule has 0 aromatic heterocycles. The lowest BCUT2D eigenvalue weighted by atomic mass is 10.4. The molecule has 3 aliphatic heterocycles. The van der Waals surface area contributed by atoms with E-state index in [1.165, 1.54) is 0 Å². The van der Waals surface area contributed by atoms with Crippen LogP contribution in [0.1, 0.15) is 0 Å². The van der Waals surface area contributed by atoms with Crippen molar-refractivity contribution in [2.45, 2.75) is 6.29 Å². The minimum absolute atomic E-state index is 0.105. The molecule has 3 saturated heterocycles. The van der Waals surface area contributed by atoms with Crippen molar-refractivity contribution < 1.29 is 9.57 Å². The Morgan fingerprint density at radius 1 is 1.57 bits per heavy atom. The van der Waals surface area contributed by atoms with Crippen LogP contribution < -0.4 is 0 Å². The van der Waals surface area contributed by atoms with E-state index in [4.69, 9.17) is 9.57 Å². The zero-order chi connectivity index (χ0) is 4.69. The molecule has 3 nitrogen and oxygen atoms in total. The molecule has 0 aliphatic carbocycles. The molecule has 0 aromatic carbocycles. The van der Waals surface area contributed by atoms with Crippen molar-refractivity contribution in [3.05, 3.63) is 0 Å². The van der Waals surface area contributed by atoms with E-state index in [1.807, 2.05) is 5.06 Å². The molecule has 2 atom stereocenters. The van der Waals surface area contributed by atoms with Crippen molar-refractivity contribution in [2.24, 2.45) is 0 Å². The van der Waals surface area contributed by atoms with E-state index in [2.05, 4.69) is 0 Å². The highest BCUT2D eigenvalue weighted by molar-refractivity contribution is 4.65. The van der Waals surface area contributed by atoms with Gasteiger partial charge in [0.05, 0.1) is 13.2 Å². The van der Waals surface area contributed by atoms with E-state index < -0.39 is 0 Å². The molecule has 3 heteroatoms. The molecule has 0 amide bonds. The summed E-state index contributed by atoms with van der Waals surface area (Å²) in [6.45, 7) is 2.75. The summed E-state index contributed by atoms with van der Waals surface area (Å²) < 4.78 is 5.08. The van der Waals surface area contributed by atoms with Crippen LogP contribution in [-0.2, 0) is 9.57 Å². The summed E-state index contributed by atoms with van der Waals surface area (Å²) in [6.07, 6.45) is 0.105. The second-order valence-corrected chi connectivity index (χ2v) is 1.79. The van der Waals surface area contributed by atoms with Gasteiger partial charge >= 0.3 is 0 Å². The first-order chi connectivity index (χ1) is 3.45. The van der Waals surface area contributed by atoms with E-state index in [0.717, 1.165) is 19.7 Å². The normalized spacial score (nSPS) is 48.0. The Hall–Kier alpha value is -0.120. The van der Waals surface area contributed by atoms with Gasteiger partial charge in [-0.05, 0) is 0 Å². The molecule has 3 heterocycles. The number of hydroxylamine groups is 2. The molecule has 2 bridgehead atoms. The standard InChI is InChI=1S/C4H7NO2/c1-2-6-4-3-5(1)7-4/h4H,1-3H2. The fourth-order valence-electron chi connectivity index (χ4n) is 0.837. The smallest absolute Gasteiger partial charge is 0.192 e. The Morgan fingerprint density at radius 2 is 2.43 bits per heavy atom. The number of fused-ring (bicyclic) bond motifs is 2. The minimum Gasteiger partial charge on any atom is -0.348 e. The van der Waals surface area contributed by atoms with Crippen LogP contribution >= 0.6 is 0 Å². The minimum atomic E-state index is 0.105. The van der Waals surface area contributed by atoms with Crippen LogP contribution in [-0.4, -0.2) is 31.0 Å². The Kier molecular flexibility index (Phi) is 0.647. The Morgan fingerprint density at radius 3 is 2.57 bits per heavy atom. The number of nitrogens with zero attached hydrogens (tertiary/aromatic N) is 1. The molecule has 7 heavy (non-hydrogen) atoms. The molecule has 0 N–H and O–H groups in total. The molecule has 0 aromatic rings. The lowest BCUT2D eigenvalue weighted by molar-refractivity contribution is -0.411. The number of morpholine rings is 1. The van der Waals surface area contributed by atoms with Crippen molar-refractivity contribution in [3.8, 4) is 0 Å². The first-order valence-electron chi connectivity index (χ1n) is 2.48. The van der Waals surface area contributed by atoms with Crippen LogP contribution in [0.15, 0.2) is 0 Å². The fourth-order valence-corrected chi connectivity index (χ4v) is 0.837. The molecule has 0 saturated carbocycles. The van der Waals surface area contributed by atoms with Crippen LogP contribution in [0.5, 0.6) is 0 Å². The van der Waals surface area contributed by atoms with Gasteiger partial charge in [0.25, 0.3) is 0 Å². The van der Waals surface area contributed by atoms with Gasteiger partial charge in [-0.2, -0.15) is 5.06 Å². The summed E-state index contributed by atoms with van der Waals surface area (Å²) in [5, 5.41) is 1.91. The van der Waals surface area contributed by atoms with Gasteiger partial charge in [-0.3, -0.25) is 4.84 Å². The van der Waals surface area contributed by atoms with Gasteiger partial charge in [0.15, 0.2) is 6.29 Å². The van der Waals surface area contributed by atoms with Crippen molar-refractivity contribution in [1.82, 2.24) is 5.06 Å². The van der Waals surface area contributed by atoms with Gasteiger partial charge in [-0.1, -0.05) is 0 Å². The maximum atomic E-state index is 5.08. The zero-order valence-corrected chi connectivity index (χ0v) is 3.96. The van der Waals surface area contributed by atoms with E-state index in [0.29, 0.717) is 0 Å². The molecule has 3 fully saturated rings. The predicted molar refractivity (Wildman–Crippen MR) is 22.4 cm³/mol. The maximum Gasteiger partial charge on any atom is 0.192 e. The zero-order valence-electron chi connectivity index (χ0n) is 3.96. The average molecular weight is 101 g/mol. The van der Waals surface area contributed by atoms with Crippen molar-refractivity contribution in [1.29, 1.82) is 0 Å². The molecular weight excluding hydrogens is 94.0 g/mol. The highest BCUT2D eigenvalue weighted by atomic mass is 16.8. The van der Waals surface area contributed by atoms with Crippen LogP contribution in [0.2, 0.25) is 0 Å². The van der Waals surface area contributed by atoms with Crippen molar-refractivity contribution >= 4 is 0 Å². The number of hydrogen-bond acceptors (Lipinski definition) is 3. The van der Waals surface area contributed by atoms with Crippen molar-refractivity contribution in [2.75, 3.05) is 19.7 Å². The Labute approximate surface area is 41.8 Å². The third-order valence-corrected chi connectivity index (χ3v) is 1.26. The number of ether oxygens (including phenoxy) is 1. The predicted octanol–water partition coefficient (Wildman–Crippen LogP) is -0.410. The summed E-state index contributed by atoms with van der Waals surface area (Å²) in [4.78, 5) is 4.99. The summed E-state index contributed by atoms with van der Waals surface area (Å²) in [5.74, 6) is 0. The number of rotatable bonds is 0. The summed E-state index contributed by atoms with van der Waals surface area (Å²) >= 11 is 0. The molecule has 0 spiro atoms. The summed E-state index contributed by atoms with van der Waals surface area (Å²) in [7, 11) is 0. The monoisotopic (exact) mass is 101 g/mol. The first-order valence-corrected chi connectivity index (χ1v) is 2.48. The SMILES string of the molecule is C1CN2CC(O1)O2. The van der Waals surface area contributed by atoms with Gasteiger partial charge in [-0.15, -0.1) is 0 Å². The Bertz CT molecular complexity index is 66.2. The summed E-state index contributed by atoms with van der Waals surface area (Å²) in [5.41, 5.74) is 0. The van der Waals surface area contributed by atoms with Gasteiger partial charge in [-0.25, -0.2) is 0 Å². The van der Waals surface area contributed by atoms with Gasteiger partial charge in [0, 0.05) is 6.54 Å². The molecule has 0 radical (unpaired) electrons. The molecule has 3 rings (SSSR count). The van der Waals surface area contributed by atoms with Crippen LogP contribution in [0.25, 0.3) is 0 Å². The second-order valence-electron chi connectivity index (χ2n) is 1.79. The average Bonchev–Trinajstić information content (AvgIpc) is 1.67. The number of hydrogen-bond donors (Lipinski definition) is 0. The third kappa shape index (κ3) is 0.459. The topological polar surface area (TPSA) is 21.7 Å². The highest BCUT2D eigenvalue weighted by Crippen LogP contribution is 2.17. The molecule has 40 valence electrons. The molecule has 3 aliphatic rings. The first kappa shape index (κ1) is 3.83. The Balaban J connectivity index is 1.99. The lowest BCUT2D eigenvalue weighted by Gasteiger charge is -2.42. The van der Waals surface area contributed by atoms with Gasteiger partial charge in [0.1, 0.15) is 0 Å². The maximum absolute atomic E-state index is 5.08. The van der Waals surface area contributed by atoms with E-state index in [-0.39, 0.29) is 6.29 Å². The van der Waals surface area contributed by atoms with Crippen LogP contribution in [0, 0.1) is 0 Å². The fraction of sp³-hybridized carbons (Fsp3) is 1.00. The van der Waals surface area contributed by atoms with E-state index in [9.17, 15) is 0 Å². The lowest BCUT2D eigenvalue weighted by Crippen LogP contribution is -2.55. The summed E-state index contributed by atoms with van der Waals surface area (Å²) in [6, 6.07) is 0. The largest absolute Gasteiger partial charge is 0.348 e. The molecule has 2 unspecified atom stereocenters.